The van der Waals surface area contributed by atoms with Crippen LogP contribution in [0.25, 0.3) is 10.8 Å². The van der Waals surface area contributed by atoms with Gasteiger partial charge in [0.05, 0.1) is 4.90 Å². The molecule has 1 aromatic heterocycles. The normalized spacial score (nSPS) is 15.1. The largest absolute Gasteiger partial charge is 0.321 e. The number of hydrogen-bond donors (Lipinski definition) is 1. The number of sulfonamides is 1. The number of pyridine rings is 1. The second-order valence-corrected chi connectivity index (χ2v) is 8.43. The number of amides is 1. The van der Waals surface area contributed by atoms with Gasteiger partial charge >= 0.3 is 0 Å². The topological polar surface area (TPSA) is 79.4 Å². The molecule has 1 amide bonds. The molecule has 1 fully saturated rings. The Balaban J connectivity index is 1.56. The average molecular weight is 381 g/mol. The van der Waals surface area contributed by atoms with Crippen LogP contribution in [0.2, 0.25) is 0 Å². The van der Waals surface area contributed by atoms with Crippen molar-refractivity contribution >= 4 is 32.4 Å². The third kappa shape index (κ3) is 3.43. The van der Waals surface area contributed by atoms with E-state index in [1.807, 2.05) is 24.3 Å². The first-order chi connectivity index (χ1) is 13.1. The molecule has 0 unspecified atom stereocenters. The Kier molecular flexibility index (Phi) is 4.63. The van der Waals surface area contributed by atoms with Crippen LogP contribution in [0.1, 0.15) is 23.2 Å². The molecule has 0 aliphatic carbocycles. The van der Waals surface area contributed by atoms with Crippen molar-refractivity contribution in [1.29, 1.82) is 0 Å². The fraction of sp³-hybridized carbons (Fsp3) is 0.200. The van der Waals surface area contributed by atoms with Crippen molar-refractivity contribution in [1.82, 2.24) is 9.29 Å². The highest BCUT2D eigenvalue weighted by Gasteiger charge is 2.27. The molecule has 2 aromatic carbocycles. The van der Waals surface area contributed by atoms with Crippen molar-refractivity contribution in [3.8, 4) is 0 Å². The van der Waals surface area contributed by atoms with Gasteiger partial charge in [0.15, 0.2) is 0 Å². The van der Waals surface area contributed by atoms with Crippen LogP contribution in [-0.2, 0) is 10.0 Å². The van der Waals surface area contributed by atoms with Crippen molar-refractivity contribution < 1.29 is 13.2 Å². The second-order valence-electron chi connectivity index (χ2n) is 6.49. The number of rotatable bonds is 4. The van der Waals surface area contributed by atoms with Crippen LogP contribution in [0.5, 0.6) is 0 Å². The van der Waals surface area contributed by atoms with Crippen molar-refractivity contribution in [3.05, 3.63) is 66.5 Å². The SMILES string of the molecule is O=C(Nc1cccc2cnccc12)c1ccc(S(=O)(=O)N2CCCC2)cc1. The fourth-order valence-electron chi connectivity index (χ4n) is 3.28. The van der Waals surface area contributed by atoms with Gasteiger partial charge in [-0.1, -0.05) is 12.1 Å². The molecule has 7 heteroatoms. The van der Waals surface area contributed by atoms with E-state index < -0.39 is 10.0 Å². The van der Waals surface area contributed by atoms with E-state index in [0.717, 1.165) is 23.6 Å². The number of nitrogens with zero attached hydrogens (tertiary/aromatic N) is 2. The Morgan fingerprint density at radius 2 is 1.74 bits per heavy atom. The van der Waals surface area contributed by atoms with Gasteiger partial charge in [-0.05, 0) is 49.2 Å². The molecule has 1 aliphatic rings. The molecular formula is C20H19N3O3S. The second kappa shape index (κ2) is 7.09. The smallest absolute Gasteiger partial charge is 0.255 e. The van der Waals surface area contributed by atoms with Gasteiger partial charge in [0.2, 0.25) is 10.0 Å². The Morgan fingerprint density at radius 3 is 2.48 bits per heavy atom. The molecule has 1 aliphatic heterocycles. The standard InChI is InChI=1S/C20H19N3O3S/c24-20(22-19-5-3-4-16-14-21-11-10-18(16)19)15-6-8-17(9-7-15)27(25,26)23-12-1-2-13-23/h3-11,14H,1-2,12-13H2,(H,22,24). The Hall–Kier alpha value is -2.77. The molecule has 6 nitrogen and oxygen atoms in total. The summed E-state index contributed by atoms with van der Waals surface area (Å²) in [6.45, 7) is 1.11. The number of nitrogens with one attached hydrogen (secondary N) is 1. The first-order valence-corrected chi connectivity index (χ1v) is 10.2. The monoisotopic (exact) mass is 381 g/mol. The van der Waals surface area contributed by atoms with Crippen molar-refractivity contribution in [2.45, 2.75) is 17.7 Å². The van der Waals surface area contributed by atoms with Crippen LogP contribution < -0.4 is 5.32 Å². The maximum Gasteiger partial charge on any atom is 0.255 e. The van der Waals surface area contributed by atoms with Gasteiger partial charge in [-0.15, -0.1) is 0 Å². The number of benzene rings is 2. The van der Waals surface area contributed by atoms with Gasteiger partial charge in [0, 0.05) is 47.5 Å². The summed E-state index contributed by atoms with van der Waals surface area (Å²) in [7, 11) is -3.47. The van der Waals surface area contributed by atoms with Crippen LogP contribution in [-0.4, -0.2) is 36.7 Å². The molecule has 1 N–H and O–H groups in total. The van der Waals surface area contributed by atoms with Gasteiger partial charge in [-0.25, -0.2) is 8.42 Å². The van der Waals surface area contributed by atoms with Crippen molar-refractivity contribution in [3.63, 3.8) is 0 Å². The lowest BCUT2D eigenvalue weighted by atomic mass is 10.1. The van der Waals surface area contributed by atoms with Crippen molar-refractivity contribution in [2.75, 3.05) is 18.4 Å². The average Bonchev–Trinajstić information content (AvgIpc) is 3.24. The minimum atomic E-state index is -3.47. The van der Waals surface area contributed by atoms with Gasteiger partial charge < -0.3 is 5.32 Å². The zero-order valence-electron chi connectivity index (χ0n) is 14.6. The predicted octanol–water partition coefficient (Wildman–Crippen LogP) is 3.27. The Labute approximate surface area is 157 Å². The van der Waals surface area contributed by atoms with Crippen LogP contribution in [0.3, 0.4) is 0 Å². The lowest BCUT2D eigenvalue weighted by Crippen LogP contribution is -2.27. The first-order valence-electron chi connectivity index (χ1n) is 8.80. The van der Waals surface area contributed by atoms with Crippen LogP contribution in [0.4, 0.5) is 5.69 Å². The summed E-state index contributed by atoms with van der Waals surface area (Å²) in [5.74, 6) is -0.288. The van der Waals surface area contributed by atoms with E-state index in [0.29, 0.717) is 24.3 Å². The predicted molar refractivity (Wildman–Crippen MR) is 104 cm³/mol. The summed E-state index contributed by atoms with van der Waals surface area (Å²) in [6, 6.07) is 13.5. The van der Waals surface area contributed by atoms with Gasteiger partial charge in [0.25, 0.3) is 5.91 Å². The van der Waals surface area contributed by atoms with E-state index in [-0.39, 0.29) is 10.8 Å². The molecule has 0 bridgehead atoms. The van der Waals surface area contributed by atoms with Crippen molar-refractivity contribution in [2.24, 2.45) is 0 Å². The lowest BCUT2D eigenvalue weighted by molar-refractivity contribution is 0.102. The number of fused-ring (bicyclic) bond motifs is 1. The Bertz CT molecular complexity index is 1080. The summed E-state index contributed by atoms with van der Waals surface area (Å²) in [6.07, 6.45) is 5.19. The van der Waals surface area contributed by atoms with E-state index in [1.165, 1.54) is 16.4 Å². The number of hydrogen-bond acceptors (Lipinski definition) is 4. The maximum absolute atomic E-state index is 12.6. The Morgan fingerprint density at radius 1 is 1.00 bits per heavy atom. The van der Waals surface area contributed by atoms with E-state index in [1.54, 1.807) is 24.5 Å². The highest BCUT2D eigenvalue weighted by Crippen LogP contribution is 2.24. The van der Waals surface area contributed by atoms with E-state index >= 15 is 0 Å². The van der Waals surface area contributed by atoms with E-state index in [2.05, 4.69) is 10.3 Å². The summed E-state index contributed by atoms with van der Waals surface area (Å²) in [4.78, 5) is 16.9. The third-order valence-electron chi connectivity index (χ3n) is 4.75. The summed E-state index contributed by atoms with van der Waals surface area (Å²) >= 11 is 0. The number of aromatic nitrogens is 1. The first kappa shape index (κ1) is 17.6. The molecule has 138 valence electrons. The van der Waals surface area contributed by atoms with Gasteiger partial charge in [0.1, 0.15) is 0 Å². The molecule has 4 rings (SSSR count). The molecule has 27 heavy (non-hydrogen) atoms. The third-order valence-corrected chi connectivity index (χ3v) is 6.66. The maximum atomic E-state index is 12.6. The van der Waals surface area contributed by atoms with Crippen LogP contribution >= 0.6 is 0 Å². The van der Waals surface area contributed by atoms with E-state index in [4.69, 9.17) is 0 Å². The van der Waals surface area contributed by atoms with Crippen LogP contribution in [0.15, 0.2) is 65.8 Å². The molecule has 3 aromatic rings. The lowest BCUT2D eigenvalue weighted by Gasteiger charge is -2.15. The molecule has 0 radical (unpaired) electrons. The van der Waals surface area contributed by atoms with Gasteiger partial charge in [-0.2, -0.15) is 4.31 Å². The molecule has 1 saturated heterocycles. The highest BCUT2D eigenvalue weighted by molar-refractivity contribution is 7.89. The molecule has 0 atom stereocenters. The molecule has 0 saturated carbocycles. The highest BCUT2D eigenvalue weighted by atomic mass is 32.2. The quantitative estimate of drug-likeness (QED) is 0.752. The summed E-state index contributed by atoms with van der Waals surface area (Å²) in [5.41, 5.74) is 1.09. The van der Waals surface area contributed by atoms with Crippen LogP contribution in [0, 0.1) is 0 Å². The minimum absolute atomic E-state index is 0.220. The van der Waals surface area contributed by atoms with Gasteiger partial charge in [-0.3, -0.25) is 9.78 Å². The molecule has 0 spiro atoms. The fourth-order valence-corrected chi connectivity index (χ4v) is 4.80. The molecule has 2 heterocycles. The zero-order chi connectivity index (χ0) is 18.9. The summed E-state index contributed by atoms with van der Waals surface area (Å²) < 4.78 is 26.6. The minimum Gasteiger partial charge on any atom is -0.321 e. The number of carbonyl (C=O) groups excluding carboxylic acids is 1. The summed E-state index contributed by atoms with van der Waals surface area (Å²) in [5, 5.41) is 4.72. The molecular weight excluding hydrogens is 362 g/mol. The van der Waals surface area contributed by atoms with E-state index in [9.17, 15) is 13.2 Å². The number of anilines is 1. The zero-order valence-corrected chi connectivity index (χ0v) is 15.4. The number of carbonyl (C=O) groups is 1.